The minimum atomic E-state index is -0.355. The van der Waals surface area contributed by atoms with E-state index in [1.54, 1.807) is 19.2 Å². The number of carbonyl (C=O) groups is 2. The zero-order chi connectivity index (χ0) is 21.5. The summed E-state index contributed by atoms with van der Waals surface area (Å²) in [7, 11) is 1.57. The molecule has 0 bridgehead atoms. The van der Waals surface area contributed by atoms with Gasteiger partial charge in [-0.1, -0.05) is 18.2 Å². The van der Waals surface area contributed by atoms with Crippen LogP contribution < -0.4 is 5.32 Å². The highest BCUT2D eigenvalue weighted by Crippen LogP contribution is 2.45. The van der Waals surface area contributed by atoms with Crippen LogP contribution in [0.4, 0.5) is 4.39 Å². The third-order valence-electron chi connectivity index (χ3n) is 5.79. The van der Waals surface area contributed by atoms with Gasteiger partial charge in [0.25, 0.3) is 5.91 Å². The van der Waals surface area contributed by atoms with Crippen molar-refractivity contribution in [2.75, 3.05) is 7.05 Å². The second kappa shape index (κ2) is 7.51. The summed E-state index contributed by atoms with van der Waals surface area (Å²) in [5, 5.41) is 3.35. The highest BCUT2D eigenvalue weighted by molar-refractivity contribution is 6.11. The number of fused-ring (bicyclic) bond motifs is 1. The Labute approximate surface area is 178 Å². The molecule has 154 valence electrons. The first kappa shape index (κ1) is 19.2. The Bertz CT molecular complexity index is 1320. The minimum Gasteiger partial charge on any atom is -0.455 e. The molecule has 0 aliphatic heterocycles. The van der Waals surface area contributed by atoms with E-state index in [1.807, 2.05) is 36.4 Å². The van der Waals surface area contributed by atoms with Crippen LogP contribution in [0, 0.1) is 5.82 Å². The van der Waals surface area contributed by atoms with Crippen molar-refractivity contribution >= 4 is 23.2 Å². The van der Waals surface area contributed by atoms with Gasteiger partial charge in [0.05, 0.1) is 5.56 Å². The lowest BCUT2D eigenvalue weighted by atomic mass is 9.93. The fraction of sp³-hybridized carbons (Fsp3) is 0.154. The summed E-state index contributed by atoms with van der Waals surface area (Å²) < 4.78 is 19.4. The van der Waals surface area contributed by atoms with Gasteiger partial charge < -0.3 is 9.73 Å². The molecule has 5 heteroatoms. The van der Waals surface area contributed by atoms with E-state index in [2.05, 4.69) is 5.32 Å². The Kier molecular flexibility index (Phi) is 4.66. The number of furan rings is 1. The standard InChI is InChI=1S/C26H20FNO3/c1-28-26(30)24-22-13-18(21-12-15(14-29)2-10-20(21)16-3-4-16)7-11-23(22)31-25(24)17-5-8-19(27)9-6-17/h2,5-14,16H,3-4H2,1H3,(H,28,30). The fourth-order valence-corrected chi connectivity index (χ4v) is 4.07. The fourth-order valence-electron chi connectivity index (χ4n) is 4.07. The van der Waals surface area contributed by atoms with E-state index in [1.165, 1.54) is 17.7 Å². The average molecular weight is 413 g/mol. The van der Waals surface area contributed by atoms with Crippen molar-refractivity contribution < 1.29 is 18.4 Å². The normalized spacial score (nSPS) is 13.4. The topological polar surface area (TPSA) is 59.3 Å². The van der Waals surface area contributed by atoms with Crippen LogP contribution in [-0.4, -0.2) is 19.2 Å². The van der Waals surface area contributed by atoms with E-state index < -0.39 is 0 Å². The van der Waals surface area contributed by atoms with Crippen LogP contribution in [0.5, 0.6) is 0 Å². The van der Waals surface area contributed by atoms with Crippen molar-refractivity contribution in [2.24, 2.45) is 0 Å². The van der Waals surface area contributed by atoms with E-state index in [0.717, 1.165) is 30.3 Å². The molecule has 0 saturated heterocycles. The molecule has 1 aliphatic carbocycles. The molecule has 3 aromatic carbocycles. The van der Waals surface area contributed by atoms with Gasteiger partial charge in [-0.05, 0) is 77.9 Å². The van der Waals surface area contributed by atoms with Crippen molar-refractivity contribution in [3.8, 4) is 22.5 Å². The number of rotatable bonds is 5. The van der Waals surface area contributed by atoms with Crippen LogP contribution in [0.3, 0.4) is 0 Å². The molecule has 4 aromatic rings. The first-order chi connectivity index (χ1) is 15.1. The molecule has 0 spiro atoms. The number of hydrogen-bond donors (Lipinski definition) is 1. The lowest BCUT2D eigenvalue weighted by Gasteiger charge is -2.10. The third kappa shape index (κ3) is 3.42. The summed E-state index contributed by atoms with van der Waals surface area (Å²) in [6.45, 7) is 0. The average Bonchev–Trinajstić information content (AvgIpc) is 3.58. The molecule has 0 radical (unpaired) electrons. The molecule has 4 nitrogen and oxygen atoms in total. The van der Waals surface area contributed by atoms with E-state index in [9.17, 15) is 14.0 Å². The summed E-state index contributed by atoms with van der Waals surface area (Å²) in [6, 6.07) is 17.4. The number of aldehydes is 1. The monoisotopic (exact) mass is 413 g/mol. The minimum absolute atomic E-state index is 0.278. The third-order valence-corrected chi connectivity index (χ3v) is 5.79. The Balaban J connectivity index is 1.73. The van der Waals surface area contributed by atoms with Gasteiger partial charge >= 0.3 is 0 Å². The summed E-state index contributed by atoms with van der Waals surface area (Å²) in [6.07, 6.45) is 3.12. The summed E-state index contributed by atoms with van der Waals surface area (Å²) in [5.74, 6) is 0.269. The SMILES string of the molecule is CNC(=O)c1c(-c2ccc(F)cc2)oc2ccc(-c3cc(C=O)ccc3C3CC3)cc12. The van der Waals surface area contributed by atoms with Crippen molar-refractivity contribution in [2.45, 2.75) is 18.8 Å². The summed E-state index contributed by atoms with van der Waals surface area (Å²) >= 11 is 0. The first-order valence-electron chi connectivity index (χ1n) is 10.2. The lowest BCUT2D eigenvalue weighted by molar-refractivity contribution is 0.0964. The van der Waals surface area contributed by atoms with Gasteiger partial charge in [-0.3, -0.25) is 9.59 Å². The van der Waals surface area contributed by atoms with Crippen LogP contribution in [0.2, 0.25) is 0 Å². The molecular formula is C26H20FNO3. The summed E-state index contributed by atoms with van der Waals surface area (Å²) in [5.41, 5.74) is 5.36. The largest absolute Gasteiger partial charge is 0.455 e. The lowest BCUT2D eigenvalue weighted by Crippen LogP contribution is -2.18. The number of amides is 1. The zero-order valence-electron chi connectivity index (χ0n) is 16.9. The number of benzene rings is 3. The van der Waals surface area contributed by atoms with Gasteiger partial charge in [0.2, 0.25) is 0 Å². The predicted octanol–water partition coefficient (Wildman–Crippen LogP) is 5.96. The summed E-state index contributed by atoms with van der Waals surface area (Å²) in [4.78, 5) is 24.2. The maximum atomic E-state index is 13.4. The van der Waals surface area contributed by atoms with Gasteiger partial charge in [0.15, 0.2) is 0 Å². The molecule has 0 unspecified atom stereocenters. The molecular weight excluding hydrogens is 393 g/mol. The molecule has 1 fully saturated rings. The maximum Gasteiger partial charge on any atom is 0.255 e. The highest BCUT2D eigenvalue weighted by atomic mass is 19.1. The van der Waals surface area contributed by atoms with E-state index in [-0.39, 0.29) is 11.7 Å². The quantitative estimate of drug-likeness (QED) is 0.411. The Hall–Kier alpha value is -3.73. The molecule has 31 heavy (non-hydrogen) atoms. The van der Waals surface area contributed by atoms with E-state index in [4.69, 9.17) is 4.42 Å². The predicted molar refractivity (Wildman–Crippen MR) is 118 cm³/mol. The van der Waals surface area contributed by atoms with Crippen molar-refractivity contribution in [3.63, 3.8) is 0 Å². The van der Waals surface area contributed by atoms with Crippen molar-refractivity contribution in [1.82, 2.24) is 5.32 Å². The zero-order valence-corrected chi connectivity index (χ0v) is 16.9. The van der Waals surface area contributed by atoms with Gasteiger partial charge in [-0.15, -0.1) is 0 Å². The first-order valence-corrected chi connectivity index (χ1v) is 10.2. The van der Waals surface area contributed by atoms with Gasteiger partial charge in [0.1, 0.15) is 23.4 Å². The highest BCUT2D eigenvalue weighted by Gasteiger charge is 2.27. The van der Waals surface area contributed by atoms with Crippen LogP contribution >= 0.6 is 0 Å². The Morgan fingerprint density at radius 1 is 1.03 bits per heavy atom. The number of nitrogens with one attached hydrogen (secondary N) is 1. The molecule has 1 heterocycles. The number of hydrogen-bond acceptors (Lipinski definition) is 3. The maximum absolute atomic E-state index is 13.4. The van der Waals surface area contributed by atoms with E-state index in [0.29, 0.717) is 39.3 Å². The number of carbonyl (C=O) groups excluding carboxylic acids is 2. The van der Waals surface area contributed by atoms with Gasteiger partial charge in [0, 0.05) is 23.6 Å². The second-order valence-electron chi connectivity index (χ2n) is 7.84. The van der Waals surface area contributed by atoms with E-state index >= 15 is 0 Å². The molecule has 1 aromatic heterocycles. The molecule has 1 aliphatic rings. The van der Waals surface area contributed by atoms with Crippen LogP contribution in [0.1, 0.15) is 45.0 Å². The molecule has 1 N–H and O–H groups in total. The van der Waals surface area contributed by atoms with Crippen LogP contribution in [0.15, 0.2) is 65.1 Å². The smallest absolute Gasteiger partial charge is 0.255 e. The van der Waals surface area contributed by atoms with Gasteiger partial charge in [-0.25, -0.2) is 4.39 Å². The Morgan fingerprint density at radius 2 is 1.77 bits per heavy atom. The molecule has 1 saturated carbocycles. The Morgan fingerprint density at radius 3 is 2.45 bits per heavy atom. The second-order valence-corrected chi connectivity index (χ2v) is 7.84. The van der Waals surface area contributed by atoms with Gasteiger partial charge in [-0.2, -0.15) is 0 Å². The van der Waals surface area contributed by atoms with Crippen LogP contribution in [0.25, 0.3) is 33.4 Å². The van der Waals surface area contributed by atoms with Crippen molar-refractivity contribution in [3.05, 3.63) is 83.2 Å². The molecule has 5 rings (SSSR count). The number of halogens is 1. The van der Waals surface area contributed by atoms with Crippen LogP contribution in [-0.2, 0) is 0 Å². The molecule has 1 amide bonds. The van der Waals surface area contributed by atoms with Crippen molar-refractivity contribution in [1.29, 1.82) is 0 Å². The molecule has 0 atom stereocenters.